The fourth-order valence-electron chi connectivity index (χ4n) is 3.73. The molecule has 1 N–H and O–H groups in total. The van der Waals surface area contributed by atoms with Crippen molar-refractivity contribution in [3.8, 4) is 0 Å². The summed E-state index contributed by atoms with van der Waals surface area (Å²) in [4.78, 5) is 15.0. The van der Waals surface area contributed by atoms with Crippen molar-refractivity contribution >= 4 is 5.91 Å². The van der Waals surface area contributed by atoms with Gasteiger partial charge in [-0.1, -0.05) is 0 Å². The molecule has 6 heteroatoms. The van der Waals surface area contributed by atoms with Crippen LogP contribution in [0.25, 0.3) is 0 Å². The van der Waals surface area contributed by atoms with Crippen LogP contribution in [0.2, 0.25) is 0 Å². The van der Waals surface area contributed by atoms with Crippen molar-refractivity contribution in [3.63, 3.8) is 0 Å². The maximum absolute atomic E-state index is 13.1. The Bertz CT molecular complexity index is 576. The number of aryl methyl sites for hydroxylation is 1. The second kappa shape index (κ2) is 6.61. The number of carbonyl (C=O) groups excluding carboxylic acids is 1. The average Bonchev–Trinajstić information content (AvgIpc) is 2.93. The Hall–Kier alpha value is -1.40. The van der Waals surface area contributed by atoms with Crippen LogP contribution in [0.1, 0.15) is 61.5 Å². The topological polar surface area (TPSA) is 67.6 Å². The molecule has 2 aliphatic rings. The van der Waals surface area contributed by atoms with E-state index >= 15 is 0 Å². The normalized spacial score (nSPS) is 25.5. The molecule has 1 fully saturated rings. The van der Waals surface area contributed by atoms with E-state index in [2.05, 4.69) is 5.10 Å². The highest BCUT2D eigenvalue weighted by Crippen LogP contribution is 2.32. The number of nitrogens with zero attached hydrogens (tertiary/aromatic N) is 3. The molecule has 1 aromatic heterocycles. The number of piperidine rings is 1. The van der Waals surface area contributed by atoms with Crippen LogP contribution < -0.4 is 0 Å². The van der Waals surface area contributed by atoms with Crippen LogP contribution >= 0.6 is 0 Å². The van der Waals surface area contributed by atoms with Gasteiger partial charge in [-0.25, -0.2) is 0 Å². The van der Waals surface area contributed by atoms with Gasteiger partial charge in [0.1, 0.15) is 5.69 Å². The first-order valence-electron chi connectivity index (χ1n) is 8.70. The van der Waals surface area contributed by atoms with E-state index in [1.54, 1.807) is 0 Å². The Kier molecular flexibility index (Phi) is 4.73. The van der Waals surface area contributed by atoms with Crippen LogP contribution in [0.3, 0.4) is 0 Å². The van der Waals surface area contributed by atoms with Gasteiger partial charge in [0.15, 0.2) is 0 Å². The largest absolute Gasteiger partial charge is 0.396 e. The lowest BCUT2D eigenvalue weighted by molar-refractivity contribution is -0.00718. The van der Waals surface area contributed by atoms with Gasteiger partial charge in [0.2, 0.25) is 0 Å². The van der Waals surface area contributed by atoms with E-state index in [1.165, 1.54) is 0 Å². The lowest BCUT2D eigenvalue weighted by atomic mass is 9.96. The van der Waals surface area contributed by atoms with E-state index in [0.717, 1.165) is 49.3 Å². The number of aliphatic hydroxyl groups is 1. The summed E-state index contributed by atoms with van der Waals surface area (Å²) in [5.41, 5.74) is 2.72. The Balaban J connectivity index is 1.88. The number of carbonyl (C=O) groups is 1. The van der Waals surface area contributed by atoms with Crippen molar-refractivity contribution in [1.82, 2.24) is 14.7 Å². The molecule has 3 heterocycles. The summed E-state index contributed by atoms with van der Waals surface area (Å²) >= 11 is 0. The van der Waals surface area contributed by atoms with Crippen molar-refractivity contribution < 1.29 is 14.6 Å². The van der Waals surface area contributed by atoms with E-state index in [9.17, 15) is 9.90 Å². The third-order valence-corrected chi connectivity index (χ3v) is 5.06. The molecule has 128 valence electrons. The number of aromatic nitrogens is 2. The minimum absolute atomic E-state index is 0.0618. The number of likely N-dealkylation sites (tertiary alicyclic amines) is 1. The van der Waals surface area contributed by atoms with Crippen molar-refractivity contribution in [2.24, 2.45) is 5.92 Å². The standard InChI is InChI=1S/C17H27N3O3/c1-4-20-16(14-9-11(2)23-12(3)15(14)18-20)17(22)19-7-5-13(10-21)6-8-19/h11-13,21H,4-10H2,1-3H3/t11-,12+/m0/s1. The SMILES string of the molecule is CCn1nc2c(c1C(=O)N1CCC(CO)CC1)C[C@H](C)O[C@@H]2C. The molecule has 1 amide bonds. The van der Waals surface area contributed by atoms with Gasteiger partial charge in [0, 0.05) is 38.2 Å². The van der Waals surface area contributed by atoms with E-state index in [1.807, 2.05) is 30.4 Å². The van der Waals surface area contributed by atoms with Gasteiger partial charge in [-0.05, 0) is 39.5 Å². The molecule has 6 nitrogen and oxygen atoms in total. The second-order valence-electron chi connectivity index (χ2n) is 6.74. The first kappa shape index (κ1) is 16.5. The van der Waals surface area contributed by atoms with Gasteiger partial charge in [-0.15, -0.1) is 0 Å². The zero-order valence-corrected chi connectivity index (χ0v) is 14.3. The first-order valence-corrected chi connectivity index (χ1v) is 8.70. The third-order valence-electron chi connectivity index (χ3n) is 5.06. The monoisotopic (exact) mass is 321 g/mol. The highest BCUT2D eigenvalue weighted by molar-refractivity contribution is 5.94. The Morgan fingerprint density at radius 2 is 2.04 bits per heavy atom. The summed E-state index contributed by atoms with van der Waals surface area (Å²) in [5.74, 6) is 0.413. The van der Waals surface area contributed by atoms with Crippen LogP contribution in [-0.4, -0.2) is 51.5 Å². The maximum atomic E-state index is 13.1. The number of aliphatic hydroxyl groups excluding tert-OH is 1. The van der Waals surface area contributed by atoms with Crippen LogP contribution in [-0.2, 0) is 17.7 Å². The van der Waals surface area contributed by atoms with Gasteiger partial charge >= 0.3 is 0 Å². The lowest BCUT2D eigenvalue weighted by Gasteiger charge is -2.32. The first-order chi connectivity index (χ1) is 11.0. The summed E-state index contributed by atoms with van der Waals surface area (Å²) < 4.78 is 7.69. The lowest BCUT2D eigenvalue weighted by Crippen LogP contribution is -2.40. The fourth-order valence-corrected chi connectivity index (χ4v) is 3.73. The molecule has 1 saturated heterocycles. The highest BCUT2D eigenvalue weighted by Gasteiger charge is 2.34. The van der Waals surface area contributed by atoms with E-state index in [0.29, 0.717) is 12.5 Å². The molecular formula is C17H27N3O3. The van der Waals surface area contributed by atoms with Gasteiger partial charge in [-0.3, -0.25) is 9.48 Å². The minimum atomic E-state index is -0.0618. The fraction of sp³-hybridized carbons (Fsp3) is 0.765. The smallest absolute Gasteiger partial charge is 0.272 e. The van der Waals surface area contributed by atoms with Crippen LogP contribution in [0, 0.1) is 5.92 Å². The van der Waals surface area contributed by atoms with Crippen molar-refractivity contribution in [3.05, 3.63) is 17.0 Å². The number of amides is 1. The van der Waals surface area contributed by atoms with Crippen LogP contribution in [0.15, 0.2) is 0 Å². The molecule has 0 aromatic carbocycles. The summed E-state index contributed by atoms with van der Waals surface area (Å²) in [7, 11) is 0. The summed E-state index contributed by atoms with van der Waals surface area (Å²) in [6.45, 7) is 8.40. The molecule has 0 radical (unpaired) electrons. The molecule has 1 aromatic rings. The van der Waals surface area contributed by atoms with E-state index in [4.69, 9.17) is 4.74 Å². The number of fused-ring (bicyclic) bond motifs is 1. The predicted molar refractivity (Wildman–Crippen MR) is 86.3 cm³/mol. The van der Waals surface area contributed by atoms with Crippen LogP contribution in [0.4, 0.5) is 0 Å². The zero-order valence-electron chi connectivity index (χ0n) is 14.3. The number of hydrogen-bond acceptors (Lipinski definition) is 4. The molecule has 0 saturated carbocycles. The van der Waals surface area contributed by atoms with Crippen molar-refractivity contribution in [2.75, 3.05) is 19.7 Å². The highest BCUT2D eigenvalue weighted by atomic mass is 16.5. The van der Waals surface area contributed by atoms with Gasteiger partial charge in [0.05, 0.1) is 17.9 Å². The molecule has 0 unspecified atom stereocenters. The number of hydrogen-bond donors (Lipinski definition) is 1. The summed E-state index contributed by atoms with van der Waals surface area (Å²) in [6, 6.07) is 0. The molecule has 2 aliphatic heterocycles. The molecule has 2 atom stereocenters. The number of ether oxygens (including phenoxy) is 1. The second-order valence-corrected chi connectivity index (χ2v) is 6.74. The summed E-state index contributed by atoms with van der Waals surface area (Å²) in [5, 5.41) is 13.9. The average molecular weight is 321 g/mol. The van der Waals surface area contributed by atoms with Gasteiger partial charge in [0.25, 0.3) is 5.91 Å². The van der Waals surface area contributed by atoms with E-state index < -0.39 is 0 Å². The predicted octanol–water partition coefficient (Wildman–Crippen LogP) is 1.77. The zero-order chi connectivity index (χ0) is 16.6. The third kappa shape index (κ3) is 3.02. The van der Waals surface area contributed by atoms with Crippen LogP contribution in [0.5, 0.6) is 0 Å². The number of rotatable bonds is 3. The molecule has 3 rings (SSSR count). The van der Waals surface area contributed by atoms with Crippen molar-refractivity contribution in [2.45, 2.75) is 58.8 Å². The quantitative estimate of drug-likeness (QED) is 0.921. The molecule has 0 spiro atoms. The molecule has 23 heavy (non-hydrogen) atoms. The minimum Gasteiger partial charge on any atom is -0.396 e. The Morgan fingerprint density at radius 1 is 1.35 bits per heavy atom. The maximum Gasteiger partial charge on any atom is 0.272 e. The van der Waals surface area contributed by atoms with Crippen molar-refractivity contribution in [1.29, 1.82) is 0 Å². The Labute approximate surface area is 137 Å². The van der Waals surface area contributed by atoms with E-state index in [-0.39, 0.29) is 24.7 Å². The molecule has 0 aliphatic carbocycles. The van der Waals surface area contributed by atoms with Gasteiger partial charge in [-0.2, -0.15) is 5.10 Å². The van der Waals surface area contributed by atoms with Gasteiger partial charge < -0.3 is 14.7 Å². The molecule has 0 bridgehead atoms. The molecular weight excluding hydrogens is 294 g/mol. The Morgan fingerprint density at radius 3 is 2.65 bits per heavy atom. The summed E-state index contributed by atoms with van der Waals surface area (Å²) in [6.07, 6.45) is 2.54.